The van der Waals surface area contributed by atoms with Gasteiger partial charge in [0.25, 0.3) is 5.91 Å². The van der Waals surface area contributed by atoms with Gasteiger partial charge in [-0.05, 0) is 43.9 Å². The molecule has 3 atom stereocenters. The van der Waals surface area contributed by atoms with Crippen molar-refractivity contribution in [3.63, 3.8) is 0 Å². The highest BCUT2D eigenvalue weighted by atomic mass is 79.9. The number of likely N-dealkylation sites (tertiary alicyclic amines) is 1. The summed E-state index contributed by atoms with van der Waals surface area (Å²) in [4.78, 5) is 14.5. The fraction of sp³-hybridized carbons (Fsp3) is 0.562. The van der Waals surface area contributed by atoms with E-state index in [1.807, 2.05) is 29.2 Å². The maximum Gasteiger partial charge on any atom is 0.263 e. The Balaban J connectivity index is 0.00000242. The van der Waals surface area contributed by atoms with Gasteiger partial charge in [-0.3, -0.25) is 4.79 Å². The minimum atomic E-state index is -0.498. The highest BCUT2D eigenvalue weighted by Gasteiger charge is 2.32. The van der Waals surface area contributed by atoms with Crippen molar-refractivity contribution in [1.29, 1.82) is 0 Å². The average molecular weight is 392 g/mol. The maximum absolute atomic E-state index is 12.6. The van der Waals surface area contributed by atoms with Gasteiger partial charge in [-0.15, -0.1) is 12.4 Å². The second kappa shape index (κ2) is 8.75. The predicted octanol–water partition coefficient (Wildman–Crippen LogP) is 3.22. The zero-order chi connectivity index (χ0) is 15.4. The van der Waals surface area contributed by atoms with E-state index in [1.54, 1.807) is 6.92 Å². The second-order valence-corrected chi connectivity index (χ2v) is 6.68. The molecule has 4 nitrogen and oxygen atoms in total. The molecule has 0 aliphatic carbocycles. The number of carbonyl (C=O) groups excluding carboxylic acids is 1. The van der Waals surface area contributed by atoms with Crippen LogP contribution in [0.15, 0.2) is 28.7 Å². The van der Waals surface area contributed by atoms with Crippen molar-refractivity contribution in [2.75, 3.05) is 13.1 Å². The number of halogens is 2. The van der Waals surface area contributed by atoms with E-state index in [1.165, 1.54) is 0 Å². The molecule has 1 aromatic carbocycles. The van der Waals surface area contributed by atoms with Crippen LogP contribution in [-0.4, -0.2) is 36.0 Å². The largest absolute Gasteiger partial charge is 0.481 e. The average Bonchev–Trinajstić information content (AvgIpc) is 2.46. The van der Waals surface area contributed by atoms with Gasteiger partial charge in [0.1, 0.15) is 5.75 Å². The van der Waals surface area contributed by atoms with Gasteiger partial charge < -0.3 is 15.4 Å². The number of nitrogens with zero attached hydrogens (tertiary/aromatic N) is 1. The Morgan fingerprint density at radius 1 is 1.55 bits per heavy atom. The van der Waals surface area contributed by atoms with Crippen LogP contribution in [0.5, 0.6) is 5.75 Å². The summed E-state index contributed by atoms with van der Waals surface area (Å²) < 4.78 is 6.70. The molecule has 1 aliphatic rings. The third kappa shape index (κ3) is 4.86. The molecule has 1 fully saturated rings. The molecule has 3 unspecified atom stereocenters. The van der Waals surface area contributed by atoms with Crippen LogP contribution in [0.1, 0.15) is 26.7 Å². The number of hydrogen-bond donors (Lipinski definition) is 1. The fourth-order valence-electron chi connectivity index (χ4n) is 2.79. The van der Waals surface area contributed by atoms with Crippen LogP contribution < -0.4 is 10.5 Å². The molecule has 1 heterocycles. The van der Waals surface area contributed by atoms with E-state index in [4.69, 9.17) is 10.5 Å². The Morgan fingerprint density at radius 2 is 2.27 bits per heavy atom. The zero-order valence-electron chi connectivity index (χ0n) is 13.0. The number of rotatable bonds is 4. The first-order chi connectivity index (χ1) is 10.0. The van der Waals surface area contributed by atoms with Crippen molar-refractivity contribution in [3.8, 4) is 5.75 Å². The number of carbonyl (C=O) groups is 1. The highest BCUT2D eigenvalue weighted by molar-refractivity contribution is 9.10. The van der Waals surface area contributed by atoms with Crippen LogP contribution in [0.4, 0.5) is 0 Å². The van der Waals surface area contributed by atoms with Gasteiger partial charge in [0.2, 0.25) is 0 Å². The van der Waals surface area contributed by atoms with Gasteiger partial charge in [-0.1, -0.05) is 28.9 Å². The third-order valence-electron chi connectivity index (χ3n) is 3.99. The fourth-order valence-corrected chi connectivity index (χ4v) is 3.17. The SMILES string of the molecule is CC1CCN(C(=O)C(C)Oc2cccc(Br)c2)C(CN)C1.Cl. The van der Waals surface area contributed by atoms with Gasteiger partial charge in [0.05, 0.1) is 0 Å². The van der Waals surface area contributed by atoms with Crippen LogP contribution >= 0.6 is 28.3 Å². The molecule has 2 N–H and O–H groups in total. The first-order valence-electron chi connectivity index (χ1n) is 7.44. The van der Waals surface area contributed by atoms with E-state index in [-0.39, 0.29) is 24.4 Å². The quantitative estimate of drug-likeness (QED) is 0.857. The zero-order valence-corrected chi connectivity index (χ0v) is 15.4. The lowest BCUT2D eigenvalue weighted by molar-refractivity contribution is -0.142. The Labute approximate surface area is 146 Å². The molecule has 0 aromatic heterocycles. The molecule has 0 radical (unpaired) electrons. The summed E-state index contributed by atoms with van der Waals surface area (Å²) in [6.45, 7) is 5.30. The van der Waals surface area contributed by atoms with Crippen molar-refractivity contribution in [3.05, 3.63) is 28.7 Å². The van der Waals surface area contributed by atoms with E-state index in [0.717, 1.165) is 23.9 Å². The van der Waals surface area contributed by atoms with Gasteiger partial charge in [-0.25, -0.2) is 0 Å². The van der Waals surface area contributed by atoms with Crippen molar-refractivity contribution < 1.29 is 9.53 Å². The molecule has 2 rings (SSSR count). The number of ether oxygens (including phenoxy) is 1. The summed E-state index contributed by atoms with van der Waals surface area (Å²) in [5.74, 6) is 1.35. The summed E-state index contributed by atoms with van der Waals surface area (Å²) in [6.07, 6.45) is 1.51. The van der Waals surface area contributed by atoms with Gasteiger partial charge in [0.15, 0.2) is 6.10 Å². The summed E-state index contributed by atoms with van der Waals surface area (Å²) in [5.41, 5.74) is 5.83. The smallest absolute Gasteiger partial charge is 0.263 e. The van der Waals surface area contributed by atoms with E-state index < -0.39 is 6.10 Å². The molecular formula is C16H24BrClN2O2. The third-order valence-corrected chi connectivity index (χ3v) is 4.48. The lowest BCUT2D eigenvalue weighted by atomic mass is 9.92. The van der Waals surface area contributed by atoms with E-state index >= 15 is 0 Å². The number of piperidine rings is 1. The first-order valence-corrected chi connectivity index (χ1v) is 8.23. The highest BCUT2D eigenvalue weighted by Crippen LogP contribution is 2.24. The summed E-state index contributed by atoms with van der Waals surface area (Å²) >= 11 is 3.40. The van der Waals surface area contributed by atoms with Crippen LogP contribution in [-0.2, 0) is 4.79 Å². The molecular weight excluding hydrogens is 368 g/mol. The minimum Gasteiger partial charge on any atom is -0.481 e. The molecule has 1 saturated heterocycles. The lowest BCUT2D eigenvalue weighted by Crippen LogP contribution is -2.52. The Hall–Kier alpha value is -0.780. The number of hydrogen-bond acceptors (Lipinski definition) is 3. The number of benzene rings is 1. The van der Waals surface area contributed by atoms with Gasteiger partial charge >= 0.3 is 0 Å². The number of amides is 1. The van der Waals surface area contributed by atoms with Crippen LogP contribution in [0.3, 0.4) is 0 Å². The van der Waals surface area contributed by atoms with E-state index in [9.17, 15) is 4.79 Å². The first kappa shape index (κ1) is 19.3. The monoisotopic (exact) mass is 390 g/mol. The molecule has 6 heteroatoms. The van der Waals surface area contributed by atoms with E-state index in [0.29, 0.717) is 18.2 Å². The van der Waals surface area contributed by atoms with Crippen molar-refractivity contribution in [2.24, 2.45) is 11.7 Å². The second-order valence-electron chi connectivity index (χ2n) is 5.77. The lowest BCUT2D eigenvalue weighted by Gasteiger charge is -2.39. The van der Waals surface area contributed by atoms with E-state index in [2.05, 4.69) is 22.9 Å². The Kier molecular flexibility index (Phi) is 7.66. The Morgan fingerprint density at radius 3 is 2.91 bits per heavy atom. The topological polar surface area (TPSA) is 55.6 Å². The summed E-state index contributed by atoms with van der Waals surface area (Å²) in [7, 11) is 0. The molecule has 0 bridgehead atoms. The van der Waals surface area contributed by atoms with Crippen molar-refractivity contribution in [2.45, 2.75) is 38.8 Å². The van der Waals surface area contributed by atoms with Crippen molar-refractivity contribution >= 4 is 34.2 Å². The predicted molar refractivity (Wildman–Crippen MR) is 94.4 cm³/mol. The molecule has 124 valence electrons. The molecule has 0 saturated carbocycles. The van der Waals surface area contributed by atoms with Crippen LogP contribution in [0.2, 0.25) is 0 Å². The van der Waals surface area contributed by atoms with Crippen LogP contribution in [0.25, 0.3) is 0 Å². The Bertz CT molecular complexity index is 501. The normalized spacial score (nSPS) is 22.6. The maximum atomic E-state index is 12.6. The minimum absolute atomic E-state index is 0. The molecule has 0 spiro atoms. The van der Waals surface area contributed by atoms with Gasteiger partial charge in [0, 0.05) is 23.6 Å². The number of nitrogens with two attached hydrogens (primary N) is 1. The standard InChI is InChI=1S/C16H23BrN2O2.ClH/c1-11-6-7-19(14(8-11)10-18)16(20)12(2)21-15-5-3-4-13(17)9-15;/h3-5,9,11-12,14H,6-8,10,18H2,1-2H3;1H. The van der Waals surface area contributed by atoms with Crippen LogP contribution in [0, 0.1) is 5.92 Å². The molecule has 22 heavy (non-hydrogen) atoms. The summed E-state index contributed by atoms with van der Waals surface area (Å²) in [5, 5.41) is 0. The van der Waals surface area contributed by atoms with Gasteiger partial charge in [-0.2, -0.15) is 0 Å². The molecule has 1 aromatic rings. The summed E-state index contributed by atoms with van der Waals surface area (Å²) in [6, 6.07) is 7.67. The van der Waals surface area contributed by atoms with Crippen molar-refractivity contribution in [1.82, 2.24) is 4.90 Å². The molecule has 1 aliphatic heterocycles. The molecule has 1 amide bonds.